The Morgan fingerprint density at radius 2 is 1.86 bits per heavy atom. The minimum Gasteiger partial charge on any atom is -0.443 e. The van der Waals surface area contributed by atoms with Gasteiger partial charge in [0, 0.05) is 18.7 Å². The van der Waals surface area contributed by atoms with Crippen LogP contribution in [0.3, 0.4) is 0 Å². The molecule has 0 N–H and O–H groups in total. The minimum atomic E-state index is -5.24. The summed E-state index contributed by atoms with van der Waals surface area (Å²) in [5, 5.41) is 0. The van der Waals surface area contributed by atoms with Crippen LogP contribution in [0.1, 0.15) is 31.1 Å². The molecule has 0 saturated carbocycles. The lowest BCUT2D eigenvalue weighted by atomic mass is 10.2. The van der Waals surface area contributed by atoms with Gasteiger partial charge in [-0.1, -0.05) is 3.89 Å². The maximum absolute atomic E-state index is 12.6. The second kappa shape index (κ2) is 6.30. The number of carbonyl (C=O) groups excluding carboxylic acids is 2. The van der Waals surface area contributed by atoms with E-state index in [1.807, 2.05) is 0 Å². The molecule has 0 bridgehead atoms. The number of rotatable bonds is 4. The lowest BCUT2D eigenvalue weighted by Gasteiger charge is -2.25. The van der Waals surface area contributed by atoms with Crippen LogP contribution in [-0.4, -0.2) is 33.4 Å². The first kappa shape index (κ1) is 17.9. The van der Waals surface area contributed by atoms with E-state index < -0.39 is 27.9 Å². The van der Waals surface area contributed by atoms with Crippen LogP contribution < -0.4 is 9.08 Å². The van der Waals surface area contributed by atoms with Crippen molar-refractivity contribution in [3.63, 3.8) is 0 Å². The summed E-state index contributed by atoms with van der Waals surface area (Å²) in [6.07, 6.45) is -0.325. The van der Waals surface area contributed by atoms with Crippen LogP contribution in [0.2, 0.25) is 0 Å². The quantitative estimate of drug-likeness (QED) is 0.621. The van der Waals surface area contributed by atoms with Gasteiger partial charge in [-0.05, 0) is 32.9 Å². The van der Waals surface area contributed by atoms with Crippen molar-refractivity contribution in [2.45, 2.75) is 26.4 Å². The molecular weight excluding hydrogens is 317 g/mol. The molecule has 1 amide bonds. The molecule has 1 aromatic carbocycles. The summed E-state index contributed by atoms with van der Waals surface area (Å²) < 4.78 is 42.8. The molecule has 0 atom stereocenters. The molecule has 1 aromatic rings. The Bertz CT molecular complexity index is 680. The van der Waals surface area contributed by atoms with Crippen LogP contribution in [0.5, 0.6) is 5.75 Å². The fraction of sp³-hybridized carbons (Fsp3) is 0.385. The van der Waals surface area contributed by atoms with Crippen molar-refractivity contribution in [2.24, 2.45) is 0 Å². The highest BCUT2D eigenvalue weighted by Gasteiger charge is 2.22. The molecule has 0 saturated heterocycles. The van der Waals surface area contributed by atoms with Gasteiger partial charge in [-0.15, -0.1) is 0 Å². The summed E-state index contributed by atoms with van der Waals surface area (Å²) in [6.45, 7) is 5.01. The van der Waals surface area contributed by atoms with E-state index >= 15 is 0 Å². The molecule has 1 rings (SSSR count). The maximum Gasteiger partial charge on any atom is 0.488 e. The topological polar surface area (TPSA) is 90.0 Å². The fourth-order valence-corrected chi connectivity index (χ4v) is 1.79. The molecule has 122 valence electrons. The monoisotopic (exact) mass is 333 g/mol. The Morgan fingerprint density at radius 3 is 2.32 bits per heavy atom. The minimum absolute atomic E-state index is 0.00607. The summed E-state index contributed by atoms with van der Waals surface area (Å²) in [7, 11) is -3.89. The van der Waals surface area contributed by atoms with Gasteiger partial charge < -0.3 is 8.92 Å². The average Bonchev–Trinajstić information content (AvgIpc) is 2.33. The highest BCUT2D eigenvalue weighted by molar-refractivity contribution is 7.81. The number of aldehydes is 1. The number of nitrogens with zero attached hydrogens (tertiary/aromatic N) is 1. The third-order valence-corrected chi connectivity index (χ3v) is 2.69. The van der Waals surface area contributed by atoms with E-state index in [1.165, 1.54) is 13.1 Å². The molecular formula is C13H16FNO6S. The number of anilines is 1. The van der Waals surface area contributed by atoms with Crippen molar-refractivity contribution in [3.8, 4) is 5.75 Å². The molecule has 0 radical (unpaired) electrons. The molecule has 0 aromatic heterocycles. The van der Waals surface area contributed by atoms with Crippen molar-refractivity contribution in [3.05, 3.63) is 23.8 Å². The number of carbonyl (C=O) groups is 2. The average molecular weight is 333 g/mol. The summed E-state index contributed by atoms with van der Waals surface area (Å²) >= 11 is 0. The van der Waals surface area contributed by atoms with E-state index in [0.717, 1.165) is 17.0 Å². The highest BCUT2D eigenvalue weighted by Crippen LogP contribution is 2.25. The summed E-state index contributed by atoms with van der Waals surface area (Å²) in [5.74, 6) is -0.433. The van der Waals surface area contributed by atoms with Gasteiger partial charge in [-0.25, -0.2) is 4.79 Å². The zero-order chi connectivity index (χ0) is 17.1. The van der Waals surface area contributed by atoms with Crippen molar-refractivity contribution in [1.29, 1.82) is 0 Å². The second-order valence-corrected chi connectivity index (χ2v) is 6.35. The molecule has 0 aliphatic heterocycles. The van der Waals surface area contributed by atoms with Crippen molar-refractivity contribution < 1.29 is 30.8 Å². The number of hydrogen-bond acceptors (Lipinski definition) is 6. The van der Waals surface area contributed by atoms with Gasteiger partial charge in [0.2, 0.25) is 0 Å². The van der Waals surface area contributed by atoms with Gasteiger partial charge in [0.15, 0.2) is 0 Å². The largest absolute Gasteiger partial charge is 0.488 e. The first-order valence-corrected chi connectivity index (χ1v) is 7.43. The van der Waals surface area contributed by atoms with E-state index in [4.69, 9.17) is 4.74 Å². The molecule has 0 heterocycles. The third-order valence-electron chi connectivity index (χ3n) is 2.30. The summed E-state index contributed by atoms with van der Waals surface area (Å²) in [5.41, 5.74) is -0.626. The van der Waals surface area contributed by atoms with Crippen molar-refractivity contribution >= 4 is 28.6 Å². The van der Waals surface area contributed by atoms with E-state index in [-0.39, 0.29) is 11.3 Å². The zero-order valence-corrected chi connectivity index (χ0v) is 13.3. The van der Waals surface area contributed by atoms with Crippen LogP contribution in [0, 0.1) is 0 Å². The Balaban J connectivity index is 3.15. The van der Waals surface area contributed by atoms with Crippen LogP contribution in [-0.2, 0) is 15.2 Å². The van der Waals surface area contributed by atoms with Crippen molar-refractivity contribution in [1.82, 2.24) is 0 Å². The Hall–Kier alpha value is -2.16. The predicted molar refractivity (Wildman–Crippen MR) is 77.1 cm³/mol. The van der Waals surface area contributed by atoms with E-state index in [2.05, 4.69) is 4.18 Å². The SMILES string of the molecule is CN(C(=O)OC(C)(C)C)c1cc(C=O)cc(OS(=O)(=O)F)c1. The van der Waals surface area contributed by atoms with Crippen molar-refractivity contribution in [2.75, 3.05) is 11.9 Å². The van der Waals surface area contributed by atoms with Gasteiger partial charge in [0.1, 0.15) is 17.6 Å². The Labute approximate surface area is 128 Å². The number of amides is 1. The highest BCUT2D eigenvalue weighted by atomic mass is 32.3. The number of halogens is 1. The number of benzene rings is 1. The van der Waals surface area contributed by atoms with Crippen LogP contribution >= 0.6 is 0 Å². The van der Waals surface area contributed by atoms with Gasteiger partial charge >= 0.3 is 16.6 Å². The number of hydrogen-bond donors (Lipinski definition) is 0. The molecule has 9 heteroatoms. The van der Waals surface area contributed by atoms with E-state index in [0.29, 0.717) is 6.29 Å². The fourth-order valence-electron chi connectivity index (χ4n) is 1.47. The number of ether oxygens (including phenoxy) is 1. The predicted octanol–water partition coefficient (Wildman–Crippen LogP) is 2.46. The molecule has 0 fully saturated rings. The first-order valence-electron chi connectivity index (χ1n) is 6.12. The molecule has 0 aliphatic carbocycles. The lowest BCUT2D eigenvalue weighted by molar-refractivity contribution is 0.0589. The normalized spacial score (nSPS) is 11.7. The summed E-state index contributed by atoms with van der Waals surface area (Å²) in [4.78, 5) is 23.8. The first-order chi connectivity index (χ1) is 9.91. The zero-order valence-electron chi connectivity index (χ0n) is 12.5. The second-order valence-electron chi connectivity index (χ2n) is 5.39. The lowest BCUT2D eigenvalue weighted by Crippen LogP contribution is -2.34. The summed E-state index contributed by atoms with van der Waals surface area (Å²) in [6, 6.07) is 3.42. The van der Waals surface area contributed by atoms with Gasteiger partial charge in [0.25, 0.3) is 0 Å². The van der Waals surface area contributed by atoms with Gasteiger partial charge in [-0.2, -0.15) is 8.42 Å². The molecule has 22 heavy (non-hydrogen) atoms. The van der Waals surface area contributed by atoms with E-state index in [1.54, 1.807) is 20.8 Å². The molecule has 7 nitrogen and oxygen atoms in total. The molecule has 0 spiro atoms. The standard InChI is InChI=1S/C13H16FNO6S/c1-13(2,3)20-12(17)15(4)10-5-9(8-16)6-11(7-10)21-22(14,18)19/h5-8H,1-4H3. The maximum atomic E-state index is 12.6. The van der Waals surface area contributed by atoms with Crippen LogP contribution in [0.15, 0.2) is 18.2 Å². The Kier molecular flexibility index (Phi) is 5.13. The third kappa shape index (κ3) is 5.68. The molecule has 0 unspecified atom stereocenters. The van der Waals surface area contributed by atoms with E-state index in [9.17, 15) is 21.9 Å². The Morgan fingerprint density at radius 1 is 1.27 bits per heavy atom. The smallest absolute Gasteiger partial charge is 0.443 e. The van der Waals surface area contributed by atoms with Gasteiger partial charge in [0.05, 0.1) is 5.69 Å². The van der Waals surface area contributed by atoms with Crippen LogP contribution in [0.25, 0.3) is 0 Å². The van der Waals surface area contributed by atoms with Gasteiger partial charge in [-0.3, -0.25) is 9.69 Å². The van der Waals surface area contributed by atoms with Crippen LogP contribution in [0.4, 0.5) is 14.4 Å². The molecule has 0 aliphatic rings.